The predicted molar refractivity (Wildman–Crippen MR) is 128 cm³/mol. The molecule has 0 spiro atoms. The summed E-state index contributed by atoms with van der Waals surface area (Å²) in [5.41, 5.74) is 0.757. The third kappa shape index (κ3) is 7.43. The molecule has 36 heavy (non-hydrogen) atoms. The summed E-state index contributed by atoms with van der Waals surface area (Å²) in [6.45, 7) is 1.24. The van der Waals surface area contributed by atoms with Crippen LogP contribution in [-0.2, 0) is 33.5 Å². The number of halogens is 4. The van der Waals surface area contributed by atoms with Gasteiger partial charge in [0, 0.05) is 30.7 Å². The van der Waals surface area contributed by atoms with E-state index >= 15 is 0 Å². The van der Waals surface area contributed by atoms with Gasteiger partial charge in [-0.15, -0.1) is 0 Å². The number of hydrogen-bond donors (Lipinski definition) is 2. The van der Waals surface area contributed by atoms with E-state index in [4.69, 9.17) is 21.1 Å². The quantitative estimate of drug-likeness (QED) is 0.591. The fourth-order valence-corrected chi connectivity index (χ4v) is 4.92. The van der Waals surface area contributed by atoms with E-state index in [2.05, 4.69) is 5.32 Å². The number of benzene rings is 2. The molecule has 0 radical (unpaired) electrons. The van der Waals surface area contributed by atoms with Gasteiger partial charge < -0.3 is 19.9 Å². The molecule has 2 N–H and O–H groups in total. The Morgan fingerprint density at radius 1 is 1.11 bits per heavy atom. The Morgan fingerprint density at radius 2 is 1.89 bits per heavy atom. The molecule has 1 amide bonds. The molecule has 0 aliphatic carbocycles. The maximum atomic E-state index is 13.2. The summed E-state index contributed by atoms with van der Waals surface area (Å²) < 4.78 is 51.4. The van der Waals surface area contributed by atoms with Crippen LogP contribution in [0, 0.1) is 0 Å². The van der Waals surface area contributed by atoms with E-state index in [9.17, 15) is 23.1 Å². The van der Waals surface area contributed by atoms with Gasteiger partial charge in [-0.2, -0.15) is 13.2 Å². The predicted octanol–water partition coefficient (Wildman–Crippen LogP) is 4.17. The van der Waals surface area contributed by atoms with Gasteiger partial charge in [0.2, 0.25) is 5.91 Å². The molecule has 10 heteroatoms. The van der Waals surface area contributed by atoms with Crippen LogP contribution in [0.25, 0.3) is 0 Å². The molecule has 2 aliphatic rings. The summed E-state index contributed by atoms with van der Waals surface area (Å²) in [7, 11) is 0. The maximum absolute atomic E-state index is 13.2. The summed E-state index contributed by atoms with van der Waals surface area (Å²) in [4.78, 5) is 14.5. The number of aliphatic hydroxyl groups excluding tert-OH is 1. The normalized spacial score (nSPS) is 25.5. The van der Waals surface area contributed by atoms with Crippen LogP contribution in [0.15, 0.2) is 48.5 Å². The Balaban J connectivity index is 1.37. The number of aliphatic hydroxyl groups is 1. The van der Waals surface area contributed by atoms with Crippen molar-refractivity contribution in [2.75, 3.05) is 19.8 Å². The highest BCUT2D eigenvalue weighted by Crippen LogP contribution is 2.32. The topological polar surface area (TPSA) is 71.0 Å². The molecule has 0 bridgehead atoms. The van der Waals surface area contributed by atoms with E-state index < -0.39 is 17.8 Å². The second-order valence-electron chi connectivity index (χ2n) is 9.37. The zero-order chi connectivity index (χ0) is 25.7. The number of nitrogens with zero attached hydrogens (tertiary/aromatic N) is 1. The van der Waals surface area contributed by atoms with Crippen LogP contribution >= 0.6 is 11.6 Å². The van der Waals surface area contributed by atoms with Crippen molar-refractivity contribution in [2.24, 2.45) is 0 Å². The monoisotopic (exact) mass is 526 g/mol. The van der Waals surface area contributed by atoms with Crippen molar-refractivity contribution in [3.8, 4) is 0 Å². The second-order valence-corrected chi connectivity index (χ2v) is 9.80. The van der Waals surface area contributed by atoms with Gasteiger partial charge in [0.25, 0.3) is 0 Å². The molecule has 0 saturated carbocycles. The van der Waals surface area contributed by atoms with Gasteiger partial charge in [-0.05, 0) is 42.2 Å². The fraction of sp³-hybridized carbons (Fsp3) is 0.500. The number of rotatable bonds is 6. The van der Waals surface area contributed by atoms with Gasteiger partial charge in [-0.3, -0.25) is 9.69 Å². The van der Waals surface area contributed by atoms with Crippen molar-refractivity contribution < 1.29 is 32.5 Å². The van der Waals surface area contributed by atoms with Gasteiger partial charge in [0.15, 0.2) is 0 Å². The lowest BCUT2D eigenvalue weighted by molar-refractivity contribution is -0.158. The van der Waals surface area contributed by atoms with Gasteiger partial charge in [0.05, 0.1) is 43.5 Å². The Labute approximate surface area is 213 Å². The fourth-order valence-electron chi connectivity index (χ4n) is 4.79. The standard InChI is InChI=1S/C26H30ClF3N2O4/c27-20-6-4-17(5-7-20)12-31-25(34)11-22-8-9-23-24(36-22)16-35-15-21(33)14-32(23)13-18-2-1-3-19(10-18)26(28,29)30/h1-7,10,21-24,33H,8-9,11-16H2,(H,31,34)/t21-,22+,23-,24+/m0/s1. The third-order valence-corrected chi connectivity index (χ3v) is 6.80. The molecule has 2 heterocycles. The van der Waals surface area contributed by atoms with Gasteiger partial charge in [-0.25, -0.2) is 0 Å². The molecule has 4 atom stereocenters. The molecule has 0 unspecified atom stereocenters. The van der Waals surface area contributed by atoms with E-state index in [-0.39, 0.29) is 56.9 Å². The molecule has 2 fully saturated rings. The number of fused-ring (bicyclic) bond motifs is 1. The van der Waals surface area contributed by atoms with E-state index in [0.717, 1.165) is 17.7 Å². The summed E-state index contributed by atoms with van der Waals surface area (Å²) >= 11 is 5.89. The van der Waals surface area contributed by atoms with Crippen LogP contribution in [0.5, 0.6) is 0 Å². The van der Waals surface area contributed by atoms with Crippen LogP contribution < -0.4 is 5.32 Å². The average Bonchev–Trinajstić information content (AvgIpc) is 2.82. The number of amides is 1. The van der Waals surface area contributed by atoms with Gasteiger partial charge in [-0.1, -0.05) is 41.9 Å². The first-order valence-corrected chi connectivity index (χ1v) is 12.4. The van der Waals surface area contributed by atoms with E-state index in [1.807, 2.05) is 17.0 Å². The summed E-state index contributed by atoms with van der Waals surface area (Å²) in [5.74, 6) is -0.128. The van der Waals surface area contributed by atoms with E-state index in [1.165, 1.54) is 6.07 Å². The van der Waals surface area contributed by atoms with E-state index in [0.29, 0.717) is 30.0 Å². The van der Waals surface area contributed by atoms with Crippen molar-refractivity contribution in [3.63, 3.8) is 0 Å². The molecule has 2 aromatic carbocycles. The second kappa shape index (κ2) is 11.9. The Bertz CT molecular complexity index is 1020. The number of carbonyl (C=O) groups is 1. The molecular formula is C26H30ClF3N2O4. The Kier molecular flexibility index (Phi) is 8.90. The first-order valence-electron chi connectivity index (χ1n) is 12.0. The van der Waals surface area contributed by atoms with Crippen LogP contribution in [0.4, 0.5) is 13.2 Å². The van der Waals surface area contributed by atoms with Crippen molar-refractivity contribution in [1.82, 2.24) is 10.2 Å². The van der Waals surface area contributed by atoms with Gasteiger partial charge >= 0.3 is 6.18 Å². The molecule has 196 valence electrons. The van der Waals surface area contributed by atoms with Crippen LogP contribution in [0.2, 0.25) is 5.02 Å². The highest BCUT2D eigenvalue weighted by atomic mass is 35.5. The zero-order valence-electron chi connectivity index (χ0n) is 19.7. The lowest BCUT2D eigenvalue weighted by Gasteiger charge is -2.44. The van der Waals surface area contributed by atoms with Crippen molar-refractivity contribution >= 4 is 17.5 Å². The number of hydrogen-bond acceptors (Lipinski definition) is 5. The minimum absolute atomic E-state index is 0.109. The van der Waals surface area contributed by atoms with Crippen LogP contribution in [0.3, 0.4) is 0 Å². The zero-order valence-corrected chi connectivity index (χ0v) is 20.5. The molecule has 2 aliphatic heterocycles. The minimum atomic E-state index is -4.42. The molecule has 6 nitrogen and oxygen atoms in total. The number of nitrogens with one attached hydrogen (secondary N) is 1. The van der Waals surface area contributed by atoms with Crippen molar-refractivity contribution in [3.05, 3.63) is 70.2 Å². The molecular weight excluding hydrogens is 497 g/mol. The van der Waals surface area contributed by atoms with Crippen LogP contribution in [-0.4, -0.2) is 60.0 Å². The average molecular weight is 527 g/mol. The Hall–Kier alpha value is -2.17. The smallest absolute Gasteiger partial charge is 0.389 e. The van der Waals surface area contributed by atoms with Crippen LogP contribution in [0.1, 0.15) is 36.0 Å². The molecule has 4 rings (SSSR count). The van der Waals surface area contributed by atoms with Crippen molar-refractivity contribution in [2.45, 2.75) is 62.9 Å². The molecule has 2 aromatic rings. The number of ether oxygens (including phenoxy) is 2. The van der Waals surface area contributed by atoms with E-state index in [1.54, 1.807) is 18.2 Å². The SMILES string of the molecule is O=C(C[C@H]1CC[C@H]2[C@@H](COC[C@@H](O)CN2Cc2cccc(C(F)(F)F)c2)O1)NCc1ccc(Cl)cc1. The number of carbonyl (C=O) groups excluding carboxylic acids is 1. The highest BCUT2D eigenvalue weighted by molar-refractivity contribution is 6.30. The summed E-state index contributed by atoms with van der Waals surface area (Å²) in [5, 5.41) is 13.9. The maximum Gasteiger partial charge on any atom is 0.416 e. The summed E-state index contributed by atoms with van der Waals surface area (Å²) in [6.07, 6.45) is -4.33. The molecule has 0 aromatic heterocycles. The lowest BCUT2D eigenvalue weighted by Crippen LogP contribution is -2.55. The highest BCUT2D eigenvalue weighted by Gasteiger charge is 2.38. The largest absolute Gasteiger partial charge is 0.416 e. The Morgan fingerprint density at radius 3 is 2.64 bits per heavy atom. The minimum Gasteiger partial charge on any atom is -0.389 e. The first-order chi connectivity index (χ1) is 17.2. The summed E-state index contributed by atoms with van der Waals surface area (Å²) in [6, 6.07) is 12.3. The van der Waals surface area contributed by atoms with Crippen molar-refractivity contribution in [1.29, 1.82) is 0 Å². The molecule has 2 saturated heterocycles. The van der Waals surface area contributed by atoms with Gasteiger partial charge in [0.1, 0.15) is 0 Å². The third-order valence-electron chi connectivity index (χ3n) is 6.54. The number of alkyl halides is 3. The lowest BCUT2D eigenvalue weighted by atomic mass is 9.94. The first kappa shape index (κ1) is 26.9. The number of β-amino-alcohol motifs (C(OH)–C–C–N with tert-alkyl or cyclic N) is 1.